The van der Waals surface area contributed by atoms with E-state index in [2.05, 4.69) is 16.8 Å². The van der Waals surface area contributed by atoms with Gasteiger partial charge in [0.2, 0.25) is 10.9 Å². The monoisotopic (exact) mass is 673 g/mol. The summed E-state index contributed by atoms with van der Waals surface area (Å²) in [7, 11) is 1.49. The van der Waals surface area contributed by atoms with Crippen molar-refractivity contribution < 1.29 is 37.7 Å². The zero-order valence-electron chi connectivity index (χ0n) is 25.3. The highest BCUT2D eigenvalue weighted by molar-refractivity contribution is 8.00. The molecule has 13 heteroatoms. The van der Waals surface area contributed by atoms with Crippen LogP contribution in [0.2, 0.25) is 0 Å². The predicted octanol–water partition coefficient (Wildman–Crippen LogP) is 7.47. The first-order chi connectivity index (χ1) is 22.8. The third kappa shape index (κ3) is 6.19. The second-order valence-electron chi connectivity index (χ2n) is 10.1. The summed E-state index contributed by atoms with van der Waals surface area (Å²) in [6, 6.07) is 17.0. The lowest BCUT2D eigenvalue weighted by Crippen LogP contribution is -2.31. The molecular formula is C34H28FN3O7S2. The molecule has 1 unspecified atom stereocenters. The number of rotatable bonds is 13. The first-order valence-corrected chi connectivity index (χ1v) is 16.2. The van der Waals surface area contributed by atoms with E-state index in [-0.39, 0.29) is 34.6 Å². The van der Waals surface area contributed by atoms with Crippen LogP contribution in [-0.2, 0) is 10.5 Å². The van der Waals surface area contributed by atoms with E-state index in [4.69, 9.17) is 18.6 Å². The smallest absolute Gasteiger partial charge is 0.296 e. The third-order valence-electron chi connectivity index (χ3n) is 7.26. The molecule has 1 aliphatic rings. The van der Waals surface area contributed by atoms with Crippen LogP contribution in [0.5, 0.6) is 17.2 Å². The molecule has 0 spiro atoms. The summed E-state index contributed by atoms with van der Waals surface area (Å²) in [4.78, 5) is 29.2. The van der Waals surface area contributed by atoms with Crippen LogP contribution in [0.1, 0.15) is 34.6 Å². The number of hydrogen-bond acceptors (Lipinski definition) is 11. The zero-order valence-corrected chi connectivity index (χ0v) is 26.9. The average molecular weight is 674 g/mol. The molecule has 1 amide bonds. The van der Waals surface area contributed by atoms with Crippen LogP contribution in [0.25, 0.3) is 11.0 Å². The molecule has 0 fully saturated rings. The van der Waals surface area contributed by atoms with Crippen LogP contribution < -0.4 is 19.1 Å². The van der Waals surface area contributed by atoms with E-state index >= 15 is 0 Å². The van der Waals surface area contributed by atoms with Crippen LogP contribution in [-0.4, -0.2) is 47.3 Å². The minimum Gasteiger partial charge on any atom is -0.503 e. The molecule has 2 aromatic heterocycles. The van der Waals surface area contributed by atoms with Gasteiger partial charge in [0.25, 0.3) is 5.91 Å². The fourth-order valence-corrected chi connectivity index (χ4v) is 6.99. The highest BCUT2D eigenvalue weighted by Gasteiger charge is 2.47. The van der Waals surface area contributed by atoms with Gasteiger partial charge in [-0.1, -0.05) is 72.2 Å². The van der Waals surface area contributed by atoms with Gasteiger partial charge in [0, 0.05) is 11.1 Å². The molecule has 10 nitrogen and oxygen atoms in total. The maximum absolute atomic E-state index is 14.2. The molecule has 6 rings (SSSR count). The maximum atomic E-state index is 14.2. The number of aliphatic hydroxyl groups excluding tert-OH is 1. The molecule has 0 saturated carbocycles. The summed E-state index contributed by atoms with van der Waals surface area (Å²) >= 11 is 2.32. The molecule has 5 aromatic rings. The zero-order chi connectivity index (χ0) is 33.1. The van der Waals surface area contributed by atoms with Crippen molar-refractivity contribution in [2.24, 2.45) is 0 Å². The molecule has 1 N–H and O–H groups in total. The number of Topliss-reactive ketones (excluding diaryl/α,β-unsaturated/α-hetero) is 1. The summed E-state index contributed by atoms with van der Waals surface area (Å²) in [6.45, 7) is 6.04. The number of aromatic nitrogens is 2. The van der Waals surface area contributed by atoms with Gasteiger partial charge >= 0.3 is 0 Å². The molecule has 47 heavy (non-hydrogen) atoms. The van der Waals surface area contributed by atoms with Crippen molar-refractivity contribution in [1.82, 2.24) is 10.2 Å². The molecular weight excluding hydrogens is 646 g/mol. The lowest BCUT2D eigenvalue weighted by atomic mass is 9.95. The number of hydrogen-bond donors (Lipinski definition) is 1. The lowest BCUT2D eigenvalue weighted by molar-refractivity contribution is -0.117. The number of ketones is 1. The number of carbonyl (C=O) groups is 2. The first kappa shape index (κ1) is 31.8. The van der Waals surface area contributed by atoms with Crippen LogP contribution >= 0.6 is 23.1 Å². The highest BCUT2D eigenvalue weighted by atomic mass is 32.2. The van der Waals surface area contributed by atoms with Crippen molar-refractivity contribution in [2.45, 2.75) is 23.1 Å². The van der Waals surface area contributed by atoms with Crippen molar-refractivity contribution in [1.29, 1.82) is 0 Å². The van der Waals surface area contributed by atoms with Gasteiger partial charge in [-0.3, -0.25) is 14.5 Å². The van der Waals surface area contributed by atoms with E-state index in [0.29, 0.717) is 50.3 Å². The number of halogens is 1. The van der Waals surface area contributed by atoms with Gasteiger partial charge in [-0.05, 0) is 48.4 Å². The van der Waals surface area contributed by atoms with E-state index in [9.17, 15) is 19.1 Å². The first-order valence-electron chi connectivity index (χ1n) is 14.4. The van der Waals surface area contributed by atoms with Gasteiger partial charge in [-0.25, -0.2) is 4.39 Å². The number of furan rings is 1. The maximum Gasteiger partial charge on any atom is 0.296 e. The molecule has 3 heterocycles. The Morgan fingerprint density at radius 1 is 1.11 bits per heavy atom. The fraction of sp³-hybridized carbons (Fsp3) is 0.176. The Morgan fingerprint density at radius 2 is 1.94 bits per heavy atom. The number of benzene rings is 3. The SMILES string of the molecule is C=CCOc1ccc(C2C(C(=O)c3cc4cccc(OC)c4o3)=C(O)C(=O)N2c2nnc(SCc3ccccc3F)s2)cc1OCC. The molecule has 0 radical (unpaired) electrons. The van der Waals surface area contributed by atoms with Crippen molar-refractivity contribution in [2.75, 3.05) is 25.2 Å². The Hall–Kier alpha value is -5.14. The summed E-state index contributed by atoms with van der Waals surface area (Å²) in [5.41, 5.74) is 1.05. The van der Waals surface area contributed by atoms with Gasteiger partial charge in [0.05, 0.1) is 25.3 Å². The van der Waals surface area contributed by atoms with Gasteiger partial charge in [0.1, 0.15) is 12.4 Å². The minimum absolute atomic E-state index is 0.0972. The van der Waals surface area contributed by atoms with Crippen LogP contribution in [0.15, 0.2) is 99.5 Å². The number of aliphatic hydroxyl groups is 1. The topological polar surface area (TPSA) is 124 Å². The standard InChI is InChI=1S/C34H28FN3O7S2/c1-4-15-44-23-14-13-19(16-25(23)43-5-2)28-27(29(39)26-17-20-10-8-12-24(42-3)31(20)45-26)30(40)32(41)38(28)33-36-37-34(47-33)46-18-21-9-6-7-11-22(21)35/h4,6-14,16-17,28,40H,1,5,15,18H2,2-3H3. The average Bonchev–Trinajstić information content (AvgIpc) is 3.80. The summed E-state index contributed by atoms with van der Waals surface area (Å²) < 4.78 is 37.6. The Bertz CT molecular complexity index is 2020. The van der Waals surface area contributed by atoms with Crippen LogP contribution in [0.4, 0.5) is 9.52 Å². The normalized spacial score (nSPS) is 14.6. The van der Waals surface area contributed by atoms with E-state index < -0.39 is 23.5 Å². The van der Waals surface area contributed by atoms with Crippen molar-refractivity contribution in [3.05, 3.63) is 113 Å². The molecule has 3 aromatic carbocycles. The van der Waals surface area contributed by atoms with Crippen molar-refractivity contribution in [3.63, 3.8) is 0 Å². The molecule has 240 valence electrons. The van der Waals surface area contributed by atoms with Gasteiger partial charge in [-0.2, -0.15) is 0 Å². The number of ether oxygens (including phenoxy) is 3. The van der Waals surface area contributed by atoms with Crippen molar-refractivity contribution >= 4 is 50.9 Å². The summed E-state index contributed by atoms with van der Waals surface area (Å²) in [6.07, 6.45) is 1.60. The molecule has 0 bridgehead atoms. The fourth-order valence-electron chi connectivity index (χ4n) is 5.14. The minimum atomic E-state index is -1.14. The second-order valence-corrected chi connectivity index (χ2v) is 12.3. The van der Waals surface area contributed by atoms with Gasteiger partial charge < -0.3 is 23.7 Å². The number of carbonyl (C=O) groups excluding carboxylic acids is 2. The number of thioether (sulfide) groups is 1. The van der Waals surface area contributed by atoms with E-state index in [0.717, 1.165) is 11.3 Å². The Balaban J connectivity index is 1.42. The van der Waals surface area contributed by atoms with Gasteiger partial charge in [0.15, 0.2) is 38.7 Å². The molecule has 1 aliphatic heterocycles. The third-order valence-corrected chi connectivity index (χ3v) is 9.36. The van der Waals surface area contributed by atoms with E-state index in [1.165, 1.54) is 35.9 Å². The number of fused-ring (bicyclic) bond motifs is 1. The number of nitrogens with zero attached hydrogens (tertiary/aromatic N) is 3. The Morgan fingerprint density at radius 3 is 2.70 bits per heavy atom. The van der Waals surface area contributed by atoms with Crippen LogP contribution in [0.3, 0.4) is 0 Å². The van der Waals surface area contributed by atoms with Gasteiger partial charge in [-0.15, -0.1) is 10.2 Å². The number of methoxy groups -OCH3 is 1. The molecule has 0 aliphatic carbocycles. The number of anilines is 1. The summed E-state index contributed by atoms with van der Waals surface area (Å²) in [5, 5.41) is 20.5. The van der Waals surface area contributed by atoms with Crippen LogP contribution in [0, 0.1) is 5.82 Å². The lowest BCUT2D eigenvalue weighted by Gasteiger charge is -2.24. The molecule has 0 saturated heterocycles. The largest absolute Gasteiger partial charge is 0.503 e. The van der Waals surface area contributed by atoms with E-state index in [1.54, 1.807) is 60.7 Å². The Kier molecular flexibility index (Phi) is 9.27. The molecule has 1 atom stereocenters. The van der Waals surface area contributed by atoms with Crippen molar-refractivity contribution in [3.8, 4) is 17.2 Å². The predicted molar refractivity (Wildman–Crippen MR) is 176 cm³/mol. The number of para-hydroxylation sites is 1. The quantitative estimate of drug-likeness (QED) is 0.0583. The number of amides is 1. The highest BCUT2D eigenvalue weighted by Crippen LogP contribution is 2.46. The summed E-state index contributed by atoms with van der Waals surface area (Å²) in [5.74, 6) is -1.25. The Labute approximate surface area is 277 Å². The second kappa shape index (κ2) is 13.7. The van der Waals surface area contributed by atoms with E-state index in [1.807, 2.05) is 6.92 Å².